The first-order valence-electron chi connectivity index (χ1n) is 12.7. The Kier molecular flexibility index (Phi) is 6.65. The fourth-order valence-corrected chi connectivity index (χ4v) is 6.47. The molecule has 1 amide bonds. The van der Waals surface area contributed by atoms with Gasteiger partial charge in [-0.25, -0.2) is 4.98 Å². The molecule has 2 fully saturated rings. The minimum absolute atomic E-state index is 0.0245. The van der Waals surface area contributed by atoms with E-state index in [2.05, 4.69) is 21.6 Å². The van der Waals surface area contributed by atoms with E-state index in [-0.39, 0.29) is 18.6 Å². The number of halogens is 3. The summed E-state index contributed by atoms with van der Waals surface area (Å²) in [5, 5.41) is 0. The number of nitrogens with zero attached hydrogens (tertiary/aromatic N) is 4. The van der Waals surface area contributed by atoms with E-state index in [4.69, 9.17) is 10.7 Å². The number of hydrogen-bond acceptors (Lipinski definition) is 4. The molecule has 6 nitrogen and oxygen atoms in total. The van der Waals surface area contributed by atoms with E-state index >= 15 is 0 Å². The van der Waals surface area contributed by atoms with Gasteiger partial charge in [-0.05, 0) is 44.6 Å². The van der Waals surface area contributed by atoms with Gasteiger partial charge in [0, 0.05) is 43.7 Å². The average molecular weight is 490 g/mol. The van der Waals surface area contributed by atoms with Gasteiger partial charge in [0.15, 0.2) is 0 Å². The highest BCUT2D eigenvalue weighted by molar-refractivity contribution is 5.77. The van der Waals surface area contributed by atoms with Crippen LogP contribution in [0.4, 0.5) is 13.2 Å². The molecule has 4 atom stereocenters. The summed E-state index contributed by atoms with van der Waals surface area (Å²) < 4.78 is 40.6. The van der Waals surface area contributed by atoms with Crippen molar-refractivity contribution in [3.05, 3.63) is 53.1 Å². The van der Waals surface area contributed by atoms with E-state index in [0.717, 1.165) is 55.9 Å². The Morgan fingerprint density at radius 1 is 1.14 bits per heavy atom. The van der Waals surface area contributed by atoms with Crippen LogP contribution in [-0.4, -0.2) is 56.6 Å². The Morgan fingerprint density at radius 3 is 2.49 bits per heavy atom. The molecule has 2 N–H and O–H groups in total. The number of amides is 1. The van der Waals surface area contributed by atoms with Gasteiger partial charge >= 0.3 is 6.18 Å². The number of piperidine rings is 1. The van der Waals surface area contributed by atoms with Crippen molar-refractivity contribution in [1.29, 1.82) is 0 Å². The highest BCUT2D eigenvalue weighted by Gasteiger charge is 2.43. The Labute approximate surface area is 204 Å². The van der Waals surface area contributed by atoms with Crippen molar-refractivity contribution in [2.75, 3.05) is 13.1 Å². The van der Waals surface area contributed by atoms with E-state index in [1.807, 2.05) is 25.1 Å². The SMILES string of the molecule is Cc1nc2c(n1[C@H]1C[C@H]3CC[C@@H](C1)N3CC[C@H](N)c1ccccc1)CN(C(=O)CC(F)(F)F)CC2. The fraction of sp³-hybridized carbons (Fsp3) is 0.615. The lowest BCUT2D eigenvalue weighted by Crippen LogP contribution is -2.45. The summed E-state index contributed by atoms with van der Waals surface area (Å²) in [7, 11) is 0. The van der Waals surface area contributed by atoms with Crippen LogP contribution in [0, 0.1) is 6.92 Å². The Bertz CT molecular complexity index is 1040. The molecule has 9 heteroatoms. The number of aryl methyl sites for hydroxylation is 1. The largest absolute Gasteiger partial charge is 0.397 e. The molecule has 190 valence electrons. The molecule has 1 aromatic carbocycles. The molecule has 0 radical (unpaired) electrons. The molecule has 35 heavy (non-hydrogen) atoms. The lowest BCUT2D eigenvalue weighted by molar-refractivity contribution is -0.162. The summed E-state index contributed by atoms with van der Waals surface area (Å²) in [5.41, 5.74) is 9.48. The number of benzene rings is 1. The lowest BCUT2D eigenvalue weighted by Gasteiger charge is -2.41. The number of alkyl halides is 3. The molecule has 0 unspecified atom stereocenters. The summed E-state index contributed by atoms with van der Waals surface area (Å²) in [4.78, 5) is 21.0. The molecule has 0 spiro atoms. The first-order chi connectivity index (χ1) is 16.7. The first-order valence-corrected chi connectivity index (χ1v) is 12.7. The van der Waals surface area contributed by atoms with Gasteiger partial charge in [0.1, 0.15) is 12.2 Å². The number of rotatable bonds is 6. The summed E-state index contributed by atoms with van der Waals surface area (Å²) in [6.07, 6.45) is -0.144. The predicted octanol–water partition coefficient (Wildman–Crippen LogP) is 4.29. The molecule has 3 aliphatic heterocycles. The van der Waals surface area contributed by atoms with Crippen LogP contribution >= 0.6 is 0 Å². The van der Waals surface area contributed by atoms with Gasteiger partial charge < -0.3 is 15.2 Å². The first kappa shape index (κ1) is 24.3. The van der Waals surface area contributed by atoms with Crippen LogP contribution in [-0.2, 0) is 17.8 Å². The third-order valence-corrected chi connectivity index (χ3v) is 8.08. The third kappa shape index (κ3) is 5.11. The molecule has 4 heterocycles. The van der Waals surface area contributed by atoms with Crippen LogP contribution in [0.3, 0.4) is 0 Å². The average Bonchev–Trinajstić information content (AvgIpc) is 3.27. The van der Waals surface area contributed by atoms with Crippen molar-refractivity contribution in [3.63, 3.8) is 0 Å². The van der Waals surface area contributed by atoms with Gasteiger partial charge in [-0.1, -0.05) is 30.3 Å². The smallest absolute Gasteiger partial charge is 0.336 e. The highest BCUT2D eigenvalue weighted by Crippen LogP contribution is 2.43. The van der Waals surface area contributed by atoms with Gasteiger partial charge in [0.2, 0.25) is 5.91 Å². The maximum Gasteiger partial charge on any atom is 0.397 e. The maximum absolute atomic E-state index is 12.8. The van der Waals surface area contributed by atoms with Crippen molar-refractivity contribution in [2.24, 2.45) is 5.73 Å². The summed E-state index contributed by atoms with van der Waals surface area (Å²) in [6, 6.07) is 11.5. The normalized spacial score (nSPS) is 25.5. The van der Waals surface area contributed by atoms with Gasteiger partial charge in [0.25, 0.3) is 0 Å². The standard InChI is InChI=1S/C26H34F3N5O/c1-17-31-23-10-11-32(25(35)15-26(27,28)29)16-24(23)34(17)21-13-19-7-8-20(14-21)33(19)12-9-22(30)18-5-3-2-4-6-18/h2-6,19-22H,7-16,30H2,1H3/t19-,20+,21+,22-/m0/s1. The van der Waals surface area contributed by atoms with Crippen LogP contribution in [0.25, 0.3) is 0 Å². The van der Waals surface area contributed by atoms with E-state index in [1.165, 1.54) is 10.5 Å². The molecule has 1 aromatic heterocycles. The van der Waals surface area contributed by atoms with Crippen molar-refractivity contribution in [1.82, 2.24) is 19.4 Å². The van der Waals surface area contributed by atoms with Crippen molar-refractivity contribution in [3.8, 4) is 0 Å². The molecule has 0 aliphatic carbocycles. The zero-order valence-electron chi connectivity index (χ0n) is 20.2. The molecular formula is C26H34F3N5O. The summed E-state index contributed by atoms with van der Waals surface area (Å²) in [5.74, 6) is 0.0577. The number of nitrogens with two attached hydrogens (primary N) is 1. The number of aromatic nitrogens is 2. The van der Waals surface area contributed by atoms with Crippen LogP contribution in [0.1, 0.15) is 73.4 Å². The summed E-state index contributed by atoms with van der Waals surface area (Å²) in [6.45, 7) is 3.46. The fourth-order valence-electron chi connectivity index (χ4n) is 6.47. The number of fused-ring (bicyclic) bond motifs is 3. The van der Waals surface area contributed by atoms with Gasteiger partial charge in [-0.2, -0.15) is 13.2 Å². The van der Waals surface area contributed by atoms with Crippen LogP contribution in [0.2, 0.25) is 0 Å². The Balaban J connectivity index is 1.26. The second-order valence-electron chi connectivity index (χ2n) is 10.3. The number of carbonyl (C=O) groups excluding carboxylic acids is 1. The monoisotopic (exact) mass is 489 g/mol. The number of imidazole rings is 1. The predicted molar refractivity (Wildman–Crippen MR) is 127 cm³/mol. The minimum atomic E-state index is -4.48. The van der Waals surface area contributed by atoms with Crippen LogP contribution in [0.15, 0.2) is 30.3 Å². The lowest BCUT2D eigenvalue weighted by atomic mass is 9.95. The quantitative estimate of drug-likeness (QED) is 0.658. The molecular weight excluding hydrogens is 455 g/mol. The maximum atomic E-state index is 12.8. The van der Waals surface area contributed by atoms with Crippen LogP contribution in [0.5, 0.6) is 0 Å². The Morgan fingerprint density at radius 2 is 1.83 bits per heavy atom. The second kappa shape index (κ2) is 9.58. The van der Waals surface area contributed by atoms with Crippen molar-refractivity contribution < 1.29 is 18.0 Å². The van der Waals surface area contributed by atoms with E-state index in [9.17, 15) is 18.0 Å². The van der Waals surface area contributed by atoms with Gasteiger partial charge in [-0.3, -0.25) is 9.69 Å². The number of carbonyl (C=O) groups is 1. The molecule has 2 bridgehead atoms. The molecule has 2 saturated heterocycles. The van der Waals surface area contributed by atoms with Crippen molar-refractivity contribution in [2.45, 2.75) is 88.8 Å². The van der Waals surface area contributed by atoms with Gasteiger partial charge in [-0.15, -0.1) is 0 Å². The van der Waals surface area contributed by atoms with E-state index in [0.29, 0.717) is 25.0 Å². The summed E-state index contributed by atoms with van der Waals surface area (Å²) >= 11 is 0. The third-order valence-electron chi connectivity index (χ3n) is 8.08. The van der Waals surface area contributed by atoms with E-state index < -0.39 is 18.5 Å². The zero-order chi connectivity index (χ0) is 24.7. The minimum Gasteiger partial charge on any atom is -0.336 e. The topological polar surface area (TPSA) is 67.4 Å². The van der Waals surface area contributed by atoms with Crippen molar-refractivity contribution >= 4 is 5.91 Å². The molecule has 3 aliphatic rings. The molecule has 5 rings (SSSR count). The van der Waals surface area contributed by atoms with E-state index in [1.54, 1.807) is 0 Å². The number of hydrogen-bond donors (Lipinski definition) is 1. The van der Waals surface area contributed by atoms with Crippen LogP contribution < -0.4 is 5.73 Å². The highest BCUT2D eigenvalue weighted by atomic mass is 19.4. The molecule has 0 saturated carbocycles. The zero-order valence-corrected chi connectivity index (χ0v) is 20.2. The molecule has 2 aromatic rings. The van der Waals surface area contributed by atoms with Gasteiger partial charge in [0.05, 0.1) is 17.9 Å². The second-order valence-corrected chi connectivity index (χ2v) is 10.3. The Hall–Kier alpha value is -2.39.